The van der Waals surface area contributed by atoms with Crippen molar-refractivity contribution in [1.82, 2.24) is 0 Å². The van der Waals surface area contributed by atoms with Gasteiger partial charge in [-0.2, -0.15) is 0 Å². The van der Waals surface area contributed by atoms with Gasteiger partial charge in [0, 0.05) is 116 Å². The number of para-hydroxylation sites is 5. The number of furan rings is 6. The van der Waals surface area contributed by atoms with E-state index in [1.807, 2.05) is 243 Å². The first-order valence-corrected chi connectivity index (χ1v) is 50.3. The van der Waals surface area contributed by atoms with Crippen molar-refractivity contribution in [2.45, 2.75) is 38.0 Å². The standard InChI is InChI=1S/C52H41NO2.C42H26FNO3.C42H27NO2/c1-2-7-34(8-3-1)35-13-19-40(20-14-35)53(42-23-17-37(18-24-42)49-38-28-32-27-33(30-38)31-39(49)29-32)41-21-15-36(16-22-41)43-10-6-12-46-50(43)52-48(55-46)26-25-47-51(52)44-9-4-5-11-45(44)54-47;43-28-15-19-30(20-16-28)44(31-21-23-33(24-22-31)45-32-7-2-1-3-8-32)29-17-13-27(14-18-29)34-10-6-12-37-40(34)42-39(47-37)26-25-38-41(42)35-9-4-5-11-36(35)46-38;1-3-10-28(11-4-1)29-18-22-32(23-19-29)43(31-12-5-2-6-13-31)33-24-20-30(21-25-33)34-15-9-17-37-40(34)42-39(45-37)27-26-38-41(42)35-14-7-8-16-36(35)44-38/h1-26,32-33,38-39,49H,27-31H2;1-26H;1-27H/i;;2D,5D,6D,12D,13D. The summed E-state index contributed by atoms with van der Waals surface area (Å²) in [6.07, 6.45) is 7.26. The number of hydrogen-bond acceptors (Lipinski definition) is 10. The summed E-state index contributed by atoms with van der Waals surface area (Å²) < 4.78 is 101. The second-order valence-corrected chi connectivity index (χ2v) is 39.0. The van der Waals surface area contributed by atoms with Crippen LogP contribution in [0.1, 0.15) is 50.4 Å². The van der Waals surface area contributed by atoms with Crippen LogP contribution in [0, 0.1) is 29.5 Å². The van der Waals surface area contributed by atoms with Crippen LogP contribution in [0.2, 0.25) is 0 Å². The van der Waals surface area contributed by atoms with Crippen LogP contribution in [0.3, 0.4) is 0 Å². The molecule has 0 aliphatic heterocycles. The zero-order chi connectivity index (χ0) is 101. The minimum absolute atomic E-state index is 0.0772. The van der Waals surface area contributed by atoms with Crippen LogP contribution >= 0.6 is 0 Å². The van der Waals surface area contributed by atoms with E-state index in [1.54, 1.807) is 22.6 Å². The molecule has 0 atom stereocenters. The van der Waals surface area contributed by atoms with Crippen LogP contribution in [0.5, 0.6) is 11.5 Å². The quantitative estimate of drug-likeness (QED) is 0.0877. The Bertz CT molecular complexity index is 9920. The predicted octanol–water partition coefficient (Wildman–Crippen LogP) is 39.7. The van der Waals surface area contributed by atoms with Crippen LogP contribution in [-0.2, 0) is 0 Å². The van der Waals surface area contributed by atoms with Gasteiger partial charge in [0.1, 0.15) is 84.3 Å². The van der Waals surface area contributed by atoms with Crippen molar-refractivity contribution in [2.75, 3.05) is 14.7 Å². The van der Waals surface area contributed by atoms with Gasteiger partial charge in [-0.1, -0.05) is 261 Å². The Kier molecular flexibility index (Phi) is 20.0. The number of rotatable bonds is 17. The van der Waals surface area contributed by atoms with Crippen molar-refractivity contribution in [3.8, 4) is 67.1 Å². The van der Waals surface area contributed by atoms with E-state index < -0.39 is 6.04 Å². The molecule has 0 unspecified atom stereocenters. The van der Waals surface area contributed by atoms with Crippen molar-refractivity contribution in [3.05, 3.63) is 491 Å². The number of fused-ring (bicyclic) bond motifs is 21. The fraction of sp³-hybridized carbons (Fsp3) is 0.0735. The molecule has 11 heteroatoms. The smallest absolute Gasteiger partial charge is 0.136 e. The minimum Gasteiger partial charge on any atom is -0.457 e. The molecule has 4 saturated carbocycles. The summed E-state index contributed by atoms with van der Waals surface area (Å²) in [5.74, 6) is 5.66. The molecule has 0 radical (unpaired) electrons. The molecule has 0 saturated heterocycles. The lowest BCUT2D eigenvalue weighted by atomic mass is 9.51. The monoisotopic (exact) mass is 1900 g/mol. The maximum Gasteiger partial charge on any atom is 0.136 e. The zero-order valence-corrected chi connectivity index (χ0v) is 79.7. The number of nitrogens with zero attached hydrogens (tertiary/aromatic N) is 3. The first-order valence-electron chi connectivity index (χ1n) is 52.8. The molecule has 0 amide bonds. The molecule has 6 aromatic heterocycles. The molecule has 0 spiro atoms. The first kappa shape index (κ1) is 81.1. The lowest BCUT2D eigenvalue weighted by Gasteiger charge is -2.54. The number of ether oxygens (including phenoxy) is 1. The van der Waals surface area contributed by atoms with E-state index in [2.05, 4.69) is 192 Å². The lowest BCUT2D eigenvalue weighted by molar-refractivity contribution is -0.00277. The lowest BCUT2D eigenvalue weighted by Crippen LogP contribution is -2.43. The van der Waals surface area contributed by atoms with Crippen LogP contribution in [0.25, 0.3) is 187 Å². The van der Waals surface area contributed by atoms with Gasteiger partial charge >= 0.3 is 0 Å². The summed E-state index contributed by atoms with van der Waals surface area (Å²) >= 11 is 0. The number of anilines is 9. The maximum atomic E-state index is 14.0. The molecule has 4 bridgehead atoms. The molecular formula is C136H94FN3O7. The topological polar surface area (TPSA) is 97.8 Å². The molecule has 10 nitrogen and oxygen atoms in total. The van der Waals surface area contributed by atoms with Gasteiger partial charge in [0.2, 0.25) is 0 Å². The summed E-state index contributed by atoms with van der Waals surface area (Å²) in [5.41, 5.74) is 29.9. The molecule has 0 N–H and O–H groups in total. The third-order valence-electron chi connectivity index (χ3n) is 30.4. The molecule has 4 aliphatic carbocycles. The van der Waals surface area contributed by atoms with E-state index in [1.165, 1.54) is 61.1 Å². The molecule has 147 heavy (non-hydrogen) atoms. The maximum absolute atomic E-state index is 14.0. The largest absolute Gasteiger partial charge is 0.457 e. The molecule has 4 aliphatic rings. The van der Waals surface area contributed by atoms with Gasteiger partial charge < -0.3 is 45.9 Å². The summed E-state index contributed by atoms with van der Waals surface area (Å²) in [7, 11) is 0. The summed E-state index contributed by atoms with van der Waals surface area (Å²) in [5, 5.41) is 12.7. The van der Waals surface area contributed by atoms with Gasteiger partial charge in [0.25, 0.3) is 0 Å². The van der Waals surface area contributed by atoms with E-state index in [4.69, 9.17) is 38.1 Å². The van der Waals surface area contributed by atoms with E-state index in [-0.39, 0.29) is 35.7 Å². The highest BCUT2D eigenvalue weighted by Crippen LogP contribution is 2.61. The Labute approximate surface area is 853 Å². The van der Waals surface area contributed by atoms with Gasteiger partial charge in [-0.05, 0) is 341 Å². The highest BCUT2D eigenvalue weighted by molar-refractivity contribution is 6.31. The Morgan fingerprint density at radius 1 is 0.211 bits per heavy atom. The van der Waals surface area contributed by atoms with Gasteiger partial charge in [-0.25, -0.2) is 4.39 Å². The minimum atomic E-state index is -0.432. The van der Waals surface area contributed by atoms with Crippen molar-refractivity contribution >= 4 is 183 Å². The molecule has 31 rings (SSSR count). The summed E-state index contributed by atoms with van der Waals surface area (Å²) in [6, 6.07) is 150. The van der Waals surface area contributed by atoms with E-state index in [0.717, 1.165) is 246 Å². The predicted molar refractivity (Wildman–Crippen MR) is 600 cm³/mol. The van der Waals surface area contributed by atoms with Crippen LogP contribution in [-0.4, -0.2) is 0 Å². The molecule has 27 aromatic rings. The zero-order valence-electron chi connectivity index (χ0n) is 84.7. The Morgan fingerprint density at radius 3 is 0.837 bits per heavy atom. The normalized spacial score (nSPS) is 15.8. The number of benzene rings is 21. The van der Waals surface area contributed by atoms with Gasteiger partial charge in [-0.15, -0.1) is 0 Å². The molecular weight excluding hydrogens is 1810 g/mol. The SMILES string of the molecule is Fc1ccc(N(c2ccc(Oc3ccccc3)cc2)c2ccc(-c3cccc4oc5ccc6oc7ccccc7c6c5c34)cc2)cc1.[2H]c1c([2H])c([2H])c(N(c2ccc(-c3ccccc3)cc2)c2ccc(-c3cccc4oc5ccc6oc7ccccc7c6c5c34)cc2)c([2H])c1[2H].c1ccc(-c2ccc(N(c3ccc(-c4cccc5oc6ccc7oc8ccccc8c7c6c45)cc3)c3ccc(C4C5CC6CC(C5)CC4C6)cc3)cc2)cc1. The Hall–Kier alpha value is -18.5. The molecule has 702 valence electrons. The second kappa shape index (κ2) is 36.2. The second-order valence-electron chi connectivity index (χ2n) is 39.0. The van der Waals surface area contributed by atoms with Crippen molar-refractivity contribution in [2.24, 2.45) is 23.7 Å². The van der Waals surface area contributed by atoms with E-state index in [0.29, 0.717) is 11.4 Å². The van der Waals surface area contributed by atoms with Crippen molar-refractivity contribution < 1.29 is 42.5 Å². The average Bonchev–Trinajstić information content (AvgIpc) is 1.58. The molecule has 21 aromatic carbocycles. The van der Waals surface area contributed by atoms with Gasteiger partial charge in [0.05, 0.1) is 6.85 Å². The third kappa shape index (κ3) is 15.6. The van der Waals surface area contributed by atoms with E-state index >= 15 is 0 Å². The summed E-state index contributed by atoms with van der Waals surface area (Å²) in [6.45, 7) is 0. The Balaban J connectivity index is 0.000000109. The highest BCUT2D eigenvalue weighted by Gasteiger charge is 2.49. The highest BCUT2D eigenvalue weighted by atomic mass is 19.1. The number of hydrogen-bond donors (Lipinski definition) is 0. The van der Waals surface area contributed by atoms with Gasteiger partial charge in [-0.3, -0.25) is 0 Å². The molecule has 6 heterocycles. The van der Waals surface area contributed by atoms with Crippen LogP contribution in [0.15, 0.2) is 506 Å². The first-order chi connectivity index (χ1) is 74.8. The van der Waals surface area contributed by atoms with Gasteiger partial charge in [0.15, 0.2) is 0 Å². The van der Waals surface area contributed by atoms with Crippen LogP contribution in [0.4, 0.5) is 55.6 Å². The van der Waals surface area contributed by atoms with Crippen LogP contribution < -0.4 is 19.4 Å². The fourth-order valence-corrected chi connectivity index (χ4v) is 24.2. The summed E-state index contributed by atoms with van der Waals surface area (Å²) in [4.78, 5) is 6.24. The molecule has 4 fully saturated rings. The van der Waals surface area contributed by atoms with E-state index in [9.17, 15) is 4.39 Å². The third-order valence-corrected chi connectivity index (χ3v) is 30.4. The van der Waals surface area contributed by atoms with Crippen molar-refractivity contribution in [3.63, 3.8) is 0 Å². The fourth-order valence-electron chi connectivity index (χ4n) is 24.2. The van der Waals surface area contributed by atoms with Crippen molar-refractivity contribution in [1.29, 1.82) is 0 Å². The Morgan fingerprint density at radius 2 is 0.476 bits per heavy atom. The average molecular weight is 1910 g/mol. The number of halogens is 1.